The van der Waals surface area contributed by atoms with E-state index in [1.54, 1.807) is 24.3 Å². The van der Waals surface area contributed by atoms with Gasteiger partial charge in [-0.05, 0) is 145 Å². The van der Waals surface area contributed by atoms with Crippen molar-refractivity contribution in [1.29, 1.82) is 0 Å². The van der Waals surface area contributed by atoms with E-state index in [0.29, 0.717) is 22.3 Å². The number of fused-ring (bicyclic) bond motifs is 4. The summed E-state index contributed by atoms with van der Waals surface area (Å²) < 4.78 is 25.3. The van der Waals surface area contributed by atoms with Crippen molar-refractivity contribution >= 4 is 67.5 Å². The Kier molecular flexibility index (Phi) is 13.3. The van der Waals surface area contributed by atoms with Crippen molar-refractivity contribution < 1.29 is 38.1 Å². The Morgan fingerprint density at radius 3 is 0.637 bits per heavy atom. The predicted molar refractivity (Wildman–Crippen MR) is 315 cm³/mol. The van der Waals surface area contributed by atoms with Crippen LogP contribution in [0.5, 0.6) is 23.0 Å². The van der Waals surface area contributed by atoms with E-state index in [1.165, 1.54) is 0 Å². The van der Waals surface area contributed by atoms with Gasteiger partial charge in [0.15, 0.2) is 0 Å². The SMILES string of the molecule is CC1(C)NC(=O)Oc2ccc3ccccc3c2-c2c(ccc3ccccc23)OC(=O)NC(C)(C)c2ccc(cc2)C(C)(C)NC(=O)Oc2ccc3ccccc3c2-c2c(ccc3ccccc23)OC(=O)NC(C)(C)c2ccc1cc2. The zero-order valence-electron chi connectivity index (χ0n) is 45.7. The molecule has 12 nitrogen and oxygen atoms in total. The Morgan fingerprint density at radius 1 is 0.250 bits per heavy atom. The molecule has 4 amide bonds. The van der Waals surface area contributed by atoms with E-state index >= 15 is 0 Å². The van der Waals surface area contributed by atoms with Gasteiger partial charge in [-0.3, -0.25) is 0 Å². The van der Waals surface area contributed by atoms with Gasteiger partial charge in [0.05, 0.1) is 22.2 Å². The summed E-state index contributed by atoms with van der Waals surface area (Å²) in [7, 11) is 0. The summed E-state index contributed by atoms with van der Waals surface area (Å²) in [5, 5.41) is 18.9. The van der Waals surface area contributed by atoms with Gasteiger partial charge in [-0.25, -0.2) is 19.2 Å². The molecule has 0 unspecified atom stereocenters. The number of ether oxygens (including phenoxy) is 4. The normalized spacial score (nSPS) is 16.3. The number of carbonyl (C=O) groups is 4. The minimum atomic E-state index is -0.950. The second-order valence-electron chi connectivity index (χ2n) is 22.4. The quantitative estimate of drug-likeness (QED) is 0.117. The molecule has 0 atom stereocenters. The molecular weight excluding hydrogens is 1000 g/mol. The number of benzene rings is 10. The van der Waals surface area contributed by atoms with Gasteiger partial charge in [0.1, 0.15) is 23.0 Å². The number of hydrogen-bond acceptors (Lipinski definition) is 8. The lowest BCUT2D eigenvalue weighted by molar-refractivity contribution is 0.186. The topological polar surface area (TPSA) is 153 Å². The molecule has 0 fully saturated rings. The first-order valence-electron chi connectivity index (χ1n) is 26.5. The van der Waals surface area contributed by atoms with Crippen molar-refractivity contribution in [3.8, 4) is 45.3 Å². The third-order valence-electron chi connectivity index (χ3n) is 15.2. The summed E-state index contributed by atoms with van der Waals surface area (Å²) in [6.45, 7) is 15.0. The molecule has 10 aromatic rings. The van der Waals surface area contributed by atoms with E-state index < -0.39 is 46.5 Å². The van der Waals surface area contributed by atoms with Crippen molar-refractivity contribution in [2.24, 2.45) is 0 Å². The second-order valence-corrected chi connectivity index (χ2v) is 22.4. The van der Waals surface area contributed by atoms with Crippen LogP contribution in [0.15, 0.2) is 194 Å². The molecule has 80 heavy (non-hydrogen) atoms. The molecule has 14 rings (SSSR count). The third-order valence-corrected chi connectivity index (χ3v) is 15.2. The number of hydrogen-bond donors (Lipinski definition) is 4. The first-order chi connectivity index (χ1) is 38.2. The summed E-state index contributed by atoms with van der Waals surface area (Å²) >= 11 is 0. The Bertz CT molecular complexity index is 3580. The Labute approximate surface area is 464 Å². The molecule has 4 N–H and O–H groups in total. The number of rotatable bonds is 0. The van der Waals surface area contributed by atoms with Crippen LogP contribution in [0.25, 0.3) is 65.3 Å². The zero-order valence-corrected chi connectivity index (χ0v) is 45.7. The molecule has 4 aliphatic rings. The number of nitrogens with one attached hydrogen (secondary N) is 4. The highest BCUT2D eigenvalue weighted by Gasteiger charge is 2.32. The Morgan fingerprint density at radius 2 is 0.438 bits per heavy atom. The molecular formula is C68H60N4O8. The van der Waals surface area contributed by atoms with Crippen LogP contribution in [-0.4, -0.2) is 24.4 Å². The molecule has 0 aromatic heterocycles. The fraction of sp³-hybridized carbons (Fsp3) is 0.176. The molecule has 0 saturated carbocycles. The lowest BCUT2D eigenvalue weighted by Gasteiger charge is -2.30. The minimum absolute atomic E-state index is 0.249. The largest absolute Gasteiger partial charge is 0.413 e. The predicted octanol–water partition coefficient (Wildman–Crippen LogP) is 16.0. The smallest absolute Gasteiger partial charge is 0.410 e. The molecule has 0 saturated heterocycles. The van der Waals surface area contributed by atoms with Crippen LogP contribution in [-0.2, 0) is 22.2 Å². The molecule has 4 bridgehead atoms. The zero-order chi connectivity index (χ0) is 56.1. The third kappa shape index (κ3) is 10.2. The van der Waals surface area contributed by atoms with Crippen LogP contribution in [0.1, 0.15) is 77.6 Å². The van der Waals surface area contributed by atoms with E-state index in [1.807, 2.05) is 225 Å². The molecule has 0 radical (unpaired) electrons. The molecule has 400 valence electrons. The summed E-state index contributed by atoms with van der Waals surface area (Å²) in [4.78, 5) is 57.2. The van der Waals surface area contributed by atoms with Gasteiger partial charge < -0.3 is 40.2 Å². The van der Waals surface area contributed by atoms with E-state index in [2.05, 4.69) is 21.3 Å². The van der Waals surface area contributed by atoms with E-state index in [9.17, 15) is 19.2 Å². The fourth-order valence-electron chi connectivity index (χ4n) is 10.8. The molecule has 0 spiro atoms. The van der Waals surface area contributed by atoms with Crippen LogP contribution in [0.4, 0.5) is 19.2 Å². The van der Waals surface area contributed by atoms with Crippen molar-refractivity contribution in [1.82, 2.24) is 21.3 Å². The molecule has 10 aromatic carbocycles. The summed E-state index contributed by atoms with van der Waals surface area (Å²) in [6, 6.07) is 60.9. The van der Waals surface area contributed by atoms with Crippen LogP contribution in [0.2, 0.25) is 0 Å². The maximum absolute atomic E-state index is 14.3. The first-order valence-corrected chi connectivity index (χ1v) is 26.5. The second kappa shape index (κ2) is 20.3. The standard InChI is InChI=1S/C68H60N4O8/c1-65(2)45-29-31-46(32-30-45)66(3,4)70-62(74)79-55-39-27-43-19-11-15-23-51(43)59(55)60-52-24-16-12-20-44(52)28-40-56(60)80-64(76)72-68(7,8)48-35-33-47(34-36-48)67(5,6)71-63(75)78-54-38-26-42-18-10-14-22-50(42)58(54)57-49-21-13-9-17-41(49)25-37-53(57)77-61(73)69-65/h9-40H,1-8H3,(H,69,73)(H,70,74)(H,71,75)(H,72,76). The summed E-state index contributed by atoms with van der Waals surface area (Å²) in [6.07, 6.45) is -2.83. The monoisotopic (exact) mass is 1060 g/mol. The lowest BCUT2D eigenvalue weighted by atomic mass is 9.89. The van der Waals surface area contributed by atoms with Gasteiger partial charge in [0, 0.05) is 22.3 Å². The van der Waals surface area contributed by atoms with Crippen molar-refractivity contribution in [2.45, 2.75) is 77.5 Å². The molecule has 12 heteroatoms. The van der Waals surface area contributed by atoms with E-state index in [4.69, 9.17) is 18.9 Å². The Hall–Kier alpha value is -9.68. The van der Waals surface area contributed by atoms with Gasteiger partial charge in [0.2, 0.25) is 0 Å². The van der Waals surface area contributed by atoms with Crippen LogP contribution in [0.3, 0.4) is 0 Å². The minimum Gasteiger partial charge on any atom is -0.410 e. The number of carbonyl (C=O) groups excluding carboxylic acids is 4. The average molecular weight is 1060 g/mol. The van der Waals surface area contributed by atoms with Gasteiger partial charge in [-0.15, -0.1) is 0 Å². The van der Waals surface area contributed by atoms with E-state index in [0.717, 1.165) is 65.3 Å². The highest BCUT2D eigenvalue weighted by Crippen LogP contribution is 2.48. The number of amides is 4. The van der Waals surface area contributed by atoms with Gasteiger partial charge in [0.25, 0.3) is 0 Å². The van der Waals surface area contributed by atoms with Crippen LogP contribution >= 0.6 is 0 Å². The van der Waals surface area contributed by atoms with Crippen LogP contribution < -0.4 is 40.2 Å². The molecule has 4 aliphatic heterocycles. The van der Waals surface area contributed by atoms with Crippen molar-refractivity contribution in [3.63, 3.8) is 0 Å². The molecule has 0 aliphatic carbocycles. The average Bonchev–Trinajstić information content (AvgIpc) is 3.49. The lowest BCUT2D eigenvalue weighted by Crippen LogP contribution is -2.44. The summed E-state index contributed by atoms with van der Waals surface area (Å²) in [5.41, 5.74) is 1.50. The van der Waals surface area contributed by atoms with Gasteiger partial charge >= 0.3 is 24.4 Å². The van der Waals surface area contributed by atoms with Crippen molar-refractivity contribution in [3.05, 3.63) is 216 Å². The highest BCUT2D eigenvalue weighted by atomic mass is 16.6. The van der Waals surface area contributed by atoms with Crippen molar-refractivity contribution in [2.75, 3.05) is 0 Å². The van der Waals surface area contributed by atoms with Crippen LogP contribution in [0, 0.1) is 0 Å². The molecule has 4 heterocycles. The Balaban J connectivity index is 1.00. The highest BCUT2D eigenvalue weighted by molar-refractivity contribution is 6.12. The maximum atomic E-state index is 14.3. The van der Waals surface area contributed by atoms with Gasteiger partial charge in [-0.2, -0.15) is 0 Å². The maximum Gasteiger partial charge on any atom is 0.413 e. The van der Waals surface area contributed by atoms with Gasteiger partial charge in [-0.1, -0.05) is 170 Å². The first kappa shape index (κ1) is 52.4. The fourth-order valence-corrected chi connectivity index (χ4v) is 10.8. The van der Waals surface area contributed by atoms with E-state index in [-0.39, 0.29) is 23.0 Å². The summed E-state index contributed by atoms with van der Waals surface area (Å²) in [5.74, 6) is 0.997.